The maximum absolute atomic E-state index is 13.1. The third kappa shape index (κ3) is 33.0. The lowest BCUT2D eigenvalue weighted by Gasteiger charge is -2.27. The van der Waals surface area contributed by atoms with Crippen molar-refractivity contribution in [1.29, 1.82) is 0 Å². The molecule has 0 unspecified atom stereocenters. The molecule has 4 aromatic heterocycles. The van der Waals surface area contributed by atoms with Crippen molar-refractivity contribution in [1.82, 2.24) is 0 Å². The van der Waals surface area contributed by atoms with E-state index in [2.05, 4.69) is 315 Å². The lowest BCUT2D eigenvalue weighted by molar-refractivity contribution is -0.211. The standard InChI is InChI=1S/C24H31F3.C24H34.C23H32.C10H13F3S.C10H16S.2C6H8S/c1-15(2)21-12-20(13-22(16(3)4)17(21)5)19-10-8-18(9-11-19)14-23(6,7)24(25,26)27;1-16(2)22-13-21(14-23(17(3)4)18(22)5)20-11-9-19(10-12-20)15-24(6,7)8;1-15(2)12-19-8-10-20(11-9-19)21-13-22(16(3)4)18(7)23(14-21)17(5)6;1-7-4-5-8(14-7)6-9(2,3)10(11,12)13;1-8-5-6-9(11-8)7-10(2,3)4;2*1-5-3-4-6(2)7-5/h8-13,15-16H,14H2,1-7H3;9-14,16-17H,15H2,1-8H3;8-11,13-17H,12H2,1-7H3;4-5H,6H2,1-3H3;5-6H,7H2,1-4H3;2*3-4H,1-2H3. The number of alkyl halides is 6. The van der Waals surface area contributed by atoms with Crippen molar-refractivity contribution in [3.8, 4) is 33.4 Å². The van der Waals surface area contributed by atoms with Crippen LogP contribution in [0.15, 0.2) is 158 Å². The molecule has 0 saturated carbocycles. The Morgan fingerprint density at radius 2 is 0.469 bits per heavy atom. The first-order chi connectivity index (χ1) is 52.0. The zero-order valence-electron chi connectivity index (χ0n) is 75.5. The zero-order chi connectivity index (χ0) is 85.8. The molecule has 10 aromatic rings. The molecule has 10 rings (SSSR count). The van der Waals surface area contributed by atoms with Crippen molar-refractivity contribution in [3.63, 3.8) is 0 Å². The Bertz CT molecular complexity index is 4310. The number of hydrogen-bond acceptors (Lipinski definition) is 4. The summed E-state index contributed by atoms with van der Waals surface area (Å²) in [6.45, 7) is 69.7. The minimum atomic E-state index is -4.21. The minimum absolute atomic E-state index is 0.0147. The highest BCUT2D eigenvalue weighted by Crippen LogP contribution is 2.44. The third-order valence-corrected chi connectivity index (χ3v) is 24.1. The van der Waals surface area contributed by atoms with E-state index in [9.17, 15) is 26.3 Å². The Kier molecular flexibility index (Phi) is 37.9. The van der Waals surface area contributed by atoms with Gasteiger partial charge in [-0.25, -0.2) is 0 Å². The van der Waals surface area contributed by atoms with Gasteiger partial charge in [0.1, 0.15) is 0 Å². The van der Waals surface area contributed by atoms with Crippen LogP contribution in [0, 0.1) is 89.9 Å². The van der Waals surface area contributed by atoms with Gasteiger partial charge in [-0.05, 0) is 295 Å². The molecule has 0 bridgehead atoms. The van der Waals surface area contributed by atoms with Crippen molar-refractivity contribution in [3.05, 3.63) is 264 Å². The zero-order valence-corrected chi connectivity index (χ0v) is 78.8. The van der Waals surface area contributed by atoms with Gasteiger partial charge in [0.05, 0.1) is 10.8 Å². The fraction of sp³-hybridized carbons (Fsp3) is 0.495. The van der Waals surface area contributed by atoms with Gasteiger partial charge < -0.3 is 0 Å². The van der Waals surface area contributed by atoms with E-state index in [1.54, 1.807) is 6.07 Å². The van der Waals surface area contributed by atoms with E-state index in [1.807, 2.05) is 71.3 Å². The minimum Gasteiger partial charge on any atom is -0.171 e. The third-order valence-electron chi connectivity index (χ3n) is 20.3. The molecule has 10 heteroatoms. The van der Waals surface area contributed by atoms with Crippen LogP contribution >= 0.6 is 45.3 Å². The summed E-state index contributed by atoms with van der Waals surface area (Å²) in [6, 6.07) is 56.5. The van der Waals surface area contributed by atoms with Gasteiger partial charge in [-0.2, -0.15) is 26.3 Å². The molecule has 6 aromatic carbocycles. The van der Waals surface area contributed by atoms with Crippen molar-refractivity contribution >= 4 is 45.3 Å². The van der Waals surface area contributed by atoms with Crippen molar-refractivity contribution in [2.24, 2.45) is 27.6 Å². The lowest BCUT2D eigenvalue weighted by atomic mass is 9.84. The van der Waals surface area contributed by atoms with E-state index in [4.69, 9.17) is 0 Å². The fourth-order valence-electron chi connectivity index (χ4n) is 13.9. The van der Waals surface area contributed by atoms with Crippen LogP contribution < -0.4 is 0 Å². The van der Waals surface area contributed by atoms with Crippen molar-refractivity contribution in [2.75, 3.05) is 0 Å². The van der Waals surface area contributed by atoms with E-state index in [0.717, 1.165) is 33.7 Å². The topological polar surface area (TPSA) is 0 Å². The van der Waals surface area contributed by atoms with Crippen LogP contribution in [-0.4, -0.2) is 12.4 Å². The van der Waals surface area contributed by atoms with Crippen LogP contribution in [0.3, 0.4) is 0 Å². The van der Waals surface area contributed by atoms with Gasteiger partial charge in [-0.1, -0.05) is 275 Å². The maximum atomic E-state index is 13.1. The van der Waals surface area contributed by atoms with Crippen molar-refractivity contribution < 1.29 is 26.3 Å². The highest BCUT2D eigenvalue weighted by atomic mass is 32.1. The van der Waals surface area contributed by atoms with Crippen molar-refractivity contribution in [2.45, 2.75) is 308 Å². The first-order valence-electron chi connectivity index (χ1n) is 41.0. The molecule has 0 nitrogen and oxygen atoms in total. The number of rotatable bonds is 17. The molecule has 0 atom stereocenters. The summed E-state index contributed by atoms with van der Waals surface area (Å²) in [4.78, 5) is 10.4. The molecule has 0 aliphatic heterocycles. The second-order valence-electron chi connectivity index (χ2n) is 37.4. The summed E-state index contributed by atoms with van der Waals surface area (Å²) in [5, 5.41) is 0. The van der Waals surface area contributed by atoms with Crippen LogP contribution in [-0.2, 0) is 32.1 Å². The van der Waals surface area contributed by atoms with Gasteiger partial charge in [0.15, 0.2) is 0 Å². The number of thiophene rings is 4. The average molecular weight is 1620 g/mol. The second-order valence-corrected chi connectivity index (χ2v) is 43.1. The van der Waals surface area contributed by atoms with Gasteiger partial charge in [-0.15, -0.1) is 45.3 Å². The van der Waals surface area contributed by atoms with Crippen LogP contribution in [0.25, 0.3) is 33.4 Å². The summed E-state index contributed by atoms with van der Waals surface area (Å²) in [5.74, 6) is 3.80. The molecule has 0 aliphatic carbocycles. The molecular formula is C103H142F6S4. The number of benzene rings is 6. The predicted molar refractivity (Wildman–Crippen MR) is 492 cm³/mol. The monoisotopic (exact) mass is 1620 g/mol. The highest BCUT2D eigenvalue weighted by Gasteiger charge is 2.48. The van der Waals surface area contributed by atoms with E-state index < -0.39 is 23.2 Å². The molecule has 0 spiro atoms. The molecule has 0 radical (unpaired) electrons. The normalized spacial score (nSPS) is 12.1. The van der Waals surface area contributed by atoms with Crippen LogP contribution in [0.2, 0.25) is 0 Å². The predicted octanol–water partition coefficient (Wildman–Crippen LogP) is 35.2. The highest BCUT2D eigenvalue weighted by molar-refractivity contribution is 7.12. The Labute approximate surface area is 699 Å². The number of aryl methyl sites for hydroxylation is 6. The smallest absolute Gasteiger partial charge is 0.171 e. The molecule has 0 fully saturated rings. The quantitative estimate of drug-likeness (QED) is 0.0797. The molecule has 4 heterocycles. The van der Waals surface area contributed by atoms with E-state index in [1.165, 1.54) is 158 Å². The van der Waals surface area contributed by atoms with Crippen LogP contribution in [0.4, 0.5) is 26.3 Å². The Balaban J connectivity index is 0.000000291. The Hall–Kier alpha value is -6.30. The number of hydrogen-bond donors (Lipinski definition) is 0. The first kappa shape index (κ1) is 99.1. The maximum Gasteiger partial charge on any atom is 0.394 e. The Morgan fingerprint density at radius 1 is 0.248 bits per heavy atom. The van der Waals surface area contributed by atoms with Gasteiger partial charge >= 0.3 is 12.4 Å². The van der Waals surface area contributed by atoms with E-state index in [-0.39, 0.29) is 12.8 Å². The summed E-state index contributed by atoms with van der Waals surface area (Å²) < 4.78 is 77.0. The summed E-state index contributed by atoms with van der Waals surface area (Å²) in [5.41, 5.74) is 21.4. The van der Waals surface area contributed by atoms with Gasteiger partial charge in [0.2, 0.25) is 0 Å². The molecule has 0 N–H and O–H groups in total. The lowest BCUT2D eigenvalue weighted by Crippen LogP contribution is -2.34. The molecule has 620 valence electrons. The Morgan fingerprint density at radius 3 is 0.673 bits per heavy atom. The van der Waals surface area contributed by atoms with Gasteiger partial charge in [-0.3, -0.25) is 0 Å². The summed E-state index contributed by atoms with van der Waals surface area (Å²) in [7, 11) is 0. The average Bonchev–Trinajstić information content (AvgIpc) is 1.61. The summed E-state index contributed by atoms with van der Waals surface area (Å²) in [6.07, 6.45) is -4.82. The molecular weight excluding hydrogens is 1480 g/mol. The van der Waals surface area contributed by atoms with Crippen LogP contribution in [0.1, 0.15) is 307 Å². The molecule has 0 saturated heterocycles. The molecule has 0 amide bonds. The van der Waals surface area contributed by atoms with Crippen LogP contribution in [0.5, 0.6) is 0 Å². The van der Waals surface area contributed by atoms with Gasteiger partial charge in [0.25, 0.3) is 0 Å². The molecule has 113 heavy (non-hydrogen) atoms. The summed E-state index contributed by atoms with van der Waals surface area (Å²) >= 11 is 7.03. The van der Waals surface area contributed by atoms with E-state index >= 15 is 0 Å². The SMILES string of the molecule is Cc1c(C(C)C)cc(-c2ccc(CC(C)(C)C(F)(F)F)cc2)cc1C(C)C.Cc1c(C(C)C)cc(-c2ccc(CC(C)(C)C)cc2)cc1C(C)C.Cc1c(C(C)C)cc(-c2ccc(CC(C)C)cc2)cc1C(C)C.Cc1ccc(C)s1.Cc1ccc(C)s1.Cc1ccc(CC(C)(C)C(F)(F)F)s1.Cc1ccc(CC(C)(C)C)s1. The first-order valence-corrected chi connectivity index (χ1v) is 44.3. The van der Waals surface area contributed by atoms with E-state index in [0.29, 0.717) is 57.8 Å². The molecule has 0 aliphatic rings. The fourth-order valence-corrected chi connectivity index (χ4v) is 17.7. The second kappa shape index (κ2) is 43.2. The largest absolute Gasteiger partial charge is 0.394 e. The number of halogens is 6. The van der Waals surface area contributed by atoms with Gasteiger partial charge in [0, 0.05) is 39.0 Å².